The van der Waals surface area contributed by atoms with Gasteiger partial charge >= 0.3 is 0 Å². The largest absolute Gasteiger partial charge is 0.508 e. The van der Waals surface area contributed by atoms with E-state index in [-0.39, 0.29) is 17.6 Å². The third-order valence-corrected chi connectivity index (χ3v) is 5.44. The van der Waals surface area contributed by atoms with Crippen LogP contribution in [0.1, 0.15) is 23.0 Å². The van der Waals surface area contributed by atoms with Gasteiger partial charge in [0.1, 0.15) is 37.7 Å². The third kappa shape index (κ3) is 4.02. The van der Waals surface area contributed by atoms with E-state index >= 15 is 0 Å². The Labute approximate surface area is 163 Å². The predicted molar refractivity (Wildman–Crippen MR) is 101 cm³/mol. The molecule has 4 rings (SSSR count). The summed E-state index contributed by atoms with van der Waals surface area (Å²) in [5, 5.41) is 22.2. The molecule has 2 aromatic carbocycles. The first-order valence-electron chi connectivity index (χ1n) is 9.55. The lowest BCUT2D eigenvalue weighted by atomic mass is 10.0. The molecule has 0 radical (unpaired) electrons. The Balaban J connectivity index is 1.67. The minimum absolute atomic E-state index is 0.0239. The zero-order chi connectivity index (χ0) is 19.5. The molecule has 1 aromatic heterocycles. The number of phenols is 1. The quantitative estimate of drug-likeness (QED) is 0.532. The maximum Gasteiger partial charge on any atom is 0.214 e. The van der Waals surface area contributed by atoms with Gasteiger partial charge in [-0.1, -0.05) is 12.1 Å². The molecule has 2 heterocycles. The molecule has 8 heteroatoms. The van der Waals surface area contributed by atoms with Crippen molar-refractivity contribution in [3.05, 3.63) is 71.3 Å². The van der Waals surface area contributed by atoms with E-state index in [1.165, 1.54) is 21.9 Å². The standard InChI is InChI=1S/C20H23FN6O/c1-25-10-12-26(13-11-25)19(16-4-8-18(28)9-5-16)20-22-23-24-27(20)14-15-2-6-17(21)7-3-15/h2-9,19,28H,10-14H2,1H3/p+2/t19-/m0/s1. The molecule has 0 amide bonds. The van der Waals surface area contributed by atoms with Crippen LogP contribution >= 0.6 is 0 Å². The normalized spacial score (nSPS) is 20.8. The minimum atomic E-state index is -0.257. The number of phenolic OH excluding ortho intramolecular Hbond substituents is 1. The molecule has 0 unspecified atom stereocenters. The molecular weight excluding hydrogens is 359 g/mol. The van der Waals surface area contributed by atoms with Crippen LogP contribution in [-0.4, -0.2) is 58.5 Å². The molecule has 1 saturated heterocycles. The van der Waals surface area contributed by atoms with Crippen LogP contribution in [0, 0.1) is 5.82 Å². The highest BCUT2D eigenvalue weighted by atomic mass is 19.1. The van der Waals surface area contributed by atoms with Gasteiger partial charge in [0, 0.05) is 5.56 Å². The highest BCUT2D eigenvalue weighted by Gasteiger charge is 2.34. The van der Waals surface area contributed by atoms with Gasteiger partial charge in [0.2, 0.25) is 5.82 Å². The Morgan fingerprint density at radius 1 is 1.04 bits per heavy atom. The Bertz CT molecular complexity index is 903. The van der Waals surface area contributed by atoms with E-state index in [2.05, 4.69) is 22.6 Å². The van der Waals surface area contributed by atoms with Gasteiger partial charge in [-0.3, -0.25) is 0 Å². The molecule has 0 bridgehead atoms. The molecule has 146 valence electrons. The van der Waals surface area contributed by atoms with Crippen molar-refractivity contribution in [1.29, 1.82) is 0 Å². The second-order valence-corrected chi connectivity index (χ2v) is 7.46. The number of aromatic nitrogens is 4. The van der Waals surface area contributed by atoms with Crippen molar-refractivity contribution in [2.24, 2.45) is 0 Å². The van der Waals surface area contributed by atoms with Gasteiger partial charge in [0.05, 0.1) is 13.6 Å². The van der Waals surface area contributed by atoms with Gasteiger partial charge in [-0.25, -0.2) is 9.07 Å². The lowest BCUT2D eigenvalue weighted by Gasteiger charge is -2.32. The molecule has 1 fully saturated rings. The summed E-state index contributed by atoms with van der Waals surface area (Å²) in [7, 11) is 2.21. The first-order valence-corrected chi connectivity index (χ1v) is 9.55. The lowest BCUT2D eigenvalue weighted by Crippen LogP contribution is -3.27. The molecule has 7 nitrogen and oxygen atoms in total. The van der Waals surface area contributed by atoms with Crippen LogP contribution < -0.4 is 9.80 Å². The number of rotatable bonds is 5. The van der Waals surface area contributed by atoms with E-state index in [4.69, 9.17) is 0 Å². The minimum Gasteiger partial charge on any atom is -0.508 e. The fourth-order valence-corrected chi connectivity index (χ4v) is 3.81. The fraction of sp³-hybridized carbons (Fsp3) is 0.350. The first kappa shape index (κ1) is 18.5. The van der Waals surface area contributed by atoms with Gasteiger partial charge in [-0.2, -0.15) is 0 Å². The maximum absolute atomic E-state index is 13.2. The summed E-state index contributed by atoms with van der Waals surface area (Å²) < 4.78 is 15.0. The number of nitrogens with zero attached hydrogens (tertiary/aromatic N) is 4. The predicted octanol–water partition coefficient (Wildman–Crippen LogP) is -0.931. The van der Waals surface area contributed by atoms with Crippen LogP contribution in [0.15, 0.2) is 48.5 Å². The SMILES string of the molecule is C[NH+]1CC[NH+]([C@@H](c2ccc(O)cc2)c2nnnn2Cc2ccc(F)cc2)CC1. The molecule has 1 atom stereocenters. The van der Waals surface area contributed by atoms with Gasteiger partial charge in [-0.15, -0.1) is 5.10 Å². The van der Waals surface area contributed by atoms with Gasteiger partial charge < -0.3 is 14.9 Å². The Hall–Kier alpha value is -2.84. The summed E-state index contributed by atoms with van der Waals surface area (Å²) in [6.45, 7) is 4.68. The van der Waals surface area contributed by atoms with Crippen molar-refractivity contribution in [3.8, 4) is 5.75 Å². The van der Waals surface area contributed by atoms with E-state index in [0.29, 0.717) is 6.54 Å². The maximum atomic E-state index is 13.2. The van der Waals surface area contributed by atoms with E-state index in [9.17, 15) is 9.50 Å². The van der Waals surface area contributed by atoms with E-state index in [0.717, 1.165) is 43.1 Å². The van der Waals surface area contributed by atoms with E-state index in [1.807, 2.05) is 12.1 Å². The molecule has 3 N–H and O–H groups in total. The van der Waals surface area contributed by atoms with Gasteiger partial charge in [0.25, 0.3) is 0 Å². The Morgan fingerprint density at radius 3 is 2.39 bits per heavy atom. The Morgan fingerprint density at radius 2 is 1.71 bits per heavy atom. The van der Waals surface area contributed by atoms with Crippen molar-refractivity contribution in [2.75, 3.05) is 33.2 Å². The zero-order valence-corrected chi connectivity index (χ0v) is 15.8. The smallest absolute Gasteiger partial charge is 0.214 e. The summed E-state index contributed by atoms with van der Waals surface area (Å²) in [5.74, 6) is 0.767. The van der Waals surface area contributed by atoms with Crippen molar-refractivity contribution < 1.29 is 19.3 Å². The van der Waals surface area contributed by atoms with Gasteiger partial charge in [0.15, 0.2) is 6.04 Å². The number of likely N-dealkylation sites (N-methyl/N-ethyl adjacent to an activating group) is 1. The molecule has 0 saturated carbocycles. The van der Waals surface area contributed by atoms with Crippen LogP contribution in [0.25, 0.3) is 0 Å². The number of tetrazole rings is 1. The van der Waals surface area contributed by atoms with Crippen LogP contribution in [0.3, 0.4) is 0 Å². The third-order valence-electron chi connectivity index (χ3n) is 5.44. The van der Waals surface area contributed by atoms with Crippen molar-refractivity contribution in [3.63, 3.8) is 0 Å². The van der Waals surface area contributed by atoms with Crippen LogP contribution in [0.2, 0.25) is 0 Å². The number of piperazine rings is 1. The number of quaternary nitrogens is 2. The van der Waals surface area contributed by atoms with Crippen LogP contribution in [0.4, 0.5) is 4.39 Å². The average Bonchev–Trinajstić information content (AvgIpc) is 3.14. The number of hydrogen-bond acceptors (Lipinski definition) is 4. The molecular formula is C20H25FN6O+2. The van der Waals surface area contributed by atoms with Crippen molar-refractivity contribution in [2.45, 2.75) is 12.6 Å². The number of nitrogens with one attached hydrogen (secondary N) is 2. The summed E-state index contributed by atoms with van der Waals surface area (Å²) in [4.78, 5) is 2.94. The molecule has 28 heavy (non-hydrogen) atoms. The number of benzene rings is 2. The fourth-order valence-electron chi connectivity index (χ4n) is 3.81. The Kier molecular flexibility index (Phi) is 5.31. The summed E-state index contributed by atoms with van der Waals surface area (Å²) in [6, 6.07) is 13.7. The molecule has 1 aliphatic heterocycles. The molecule has 3 aromatic rings. The van der Waals surface area contributed by atoms with Crippen molar-refractivity contribution in [1.82, 2.24) is 20.2 Å². The average molecular weight is 384 g/mol. The summed E-state index contributed by atoms with van der Waals surface area (Å²) >= 11 is 0. The topological polar surface area (TPSA) is 72.7 Å². The first-order chi connectivity index (χ1) is 13.6. The van der Waals surface area contributed by atoms with E-state index in [1.54, 1.807) is 28.9 Å². The number of hydrogen-bond donors (Lipinski definition) is 3. The van der Waals surface area contributed by atoms with E-state index < -0.39 is 0 Å². The second-order valence-electron chi connectivity index (χ2n) is 7.46. The highest BCUT2D eigenvalue weighted by Crippen LogP contribution is 2.20. The summed E-state index contributed by atoms with van der Waals surface area (Å²) in [5.41, 5.74) is 2.01. The molecule has 0 aliphatic carbocycles. The molecule has 1 aliphatic rings. The second kappa shape index (κ2) is 8.04. The monoisotopic (exact) mass is 384 g/mol. The van der Waals surface area contributed by atoms with Crippen LogP contribution in [0.5, 0.6) is 5.75 Å². The van der Waals surface area contributed by atoms with Crippen LogP contribution in [-0.2, 0) is 6.54 Å². The highest BCUT2D eigenvalue weighted by molar-refractivity contribution is 5.30. The lowest BCUT2D eigenvalue weighted by molar-refractivity contribution is -1.02. The van der Waals surface area contributed by atoms with Gasteiger partial charge in [-0.05, 0) is 52.4 Å². The summed E-state index contributed by atoms with van der Waals surface area (Å²) in [6.07, 6.45) is 0. The number of aromatic hydroxyl groups is 1. The van der Waals surface area contributed by atoms with Crippen molar-refractivity contribution >= 4 is 0 Å². The number of halogens is 1. The zero-order valence-electron chi connectivity index (χ0n) is 15.8. The molecule has 0 spiro atoms.